The van der Waals surface area contributed by atoms with E-state index in [1.165, 1.54) is 6.92 Å². The van der Waals surface area contributed by atoms with Gasteiger partial charge in [0.15, 0.2) is 18.0 Å². The van der Waals surface area contributed by atoms with Gasteiger partial charge in [-0.1, -0.05) is 58.0 Å². The lowest BCUT2D eigenvalue weighted by molar-refractivity contribution is -0.302. The Hall–Kier alpha value is -3.14. The molecule has 11 atom stereocenters. The number of ketones is 1. The molecule has 2 bridgehead atoms. The Morgan fingerprint density at radius 1 is 1.14 bits per heavy atom. The first-order valence-electron chi connectivity index (χ1n) is 17.2. The first kappa shape index (κ1) is 38.1. The Morgan fingerprint density at radius 3 is 2.36 bits per heavy atom. The van der Waals surface area contributed by atoms with E-state index in [2.05, 4.69) is 0 Å². The number of ether oxygens (including phenoxy) is 4. The molecule has 1 aromatic rings. The van der Waals surface area contributed by atoms with Crippen LogP contribution in [0.4, 0.5) is 0 Å². The lowest BCUT2D eigenvalue weighted by Gasteiger charge is -2.68. The fraction of sp³-hybridized carbons (Fsp3) is 0.667. The second-order valence-electron chi connectivity index (χ2n) is 15.4. The van der Waals surface area contributed by atoms with E-state index in [1.54, 1.807) is 65.3 Å². The van der Waals surface area contributed by atoms with Crippen LogP contribution in [0.15, 0.2) is 41.5 Å². The Bertz CT molecular complexity index is 1540. The highest BCUT2D eigenvalue weighted by Crippen LogP contribution is 2.67. The molecule has 1 aromatic carbocycles. The summed E-state index contributed by atoms with van der Waals surface area (Å²) in [7, 11) is 1.56. The van der Waals surface area contributed by atoms with E-state index >= 15 is 0 Å². The number of aliphatic hydroxyl groups is 2. The predicted molar refractivity (Wildman–Crippen MR) is 179 cm³/mol. The van der Waals surface area contributed by atoms with Gasteiger partial charge in [0.2, 0.25) is 0 Å². The van der Waals surface area contributed by atoms with Gasteiger partial charge in [-0.25, -0.2) is 10.3 Å². The first-order chi connectivity index (χ1) is 23.4. The monoisotopic (exact) mass is 697 g/mol. The van der Waals surface area contributed by atoms with Crippen molar-refractivity contribution in [1.82, 2.24) is 5.48 Å². The number of carbonyl (C=O) groups excluding carboxylic acids is 4. The molecule has 14 heteroatoms. The molecule has 3 aliphatic carbocycles. The number of Topliss-reactive ketones (excluding diaryl/α,β-unsaturated/α-hetero) is 1. The van der Waals surface area contributed by atoms with E-state index in [1.807, 2.05) is 19.3 Å². The van der Waals surface area contributed by atoms with Gasteiger partial charge in [-0.3, -0.25) is 14.4 Å². The van der Waals surface area contributed by atoms with Gasteiger partial charge >= 0.3 is 17.9 Å². The number of carbonyl (C=O) groups is 4. The van der Waals surface area contributed by atoms with Gasteiger partial charge < -0.3 is 40.1 Å². The normalized spacial score (nSPS) is 37.1. The van der Waals surface area contributed by atoms with Gasteiger partial charge in [0, 0.05) is 36.4 Å². The number of aliphatic hydroxyl groups excluding tert-OH is 1. The molecule has 0 unspecified atom stereocenters. The fourth-order valence-corrected chi connectivity index (χ4v) is 9.77. The number of nitrogens with two attached hydrogens (primary N) is 1. The quantitative estimate of drug-likeness (QED) is 0.0776. The van der Waals surface area contributed by atoms with Crippen molar-refractivity contribution in [3.05, 3.63) is 47.0 Å². The summed E-state index contributed by atoms with van der Waals surface area (Å²) < 4.78 is 23.5. The van der Waals surface area contributed by atoms with Crippen molar-refractivity contribution in [2.45, 2.75) is 103 Å². The molecular weight excluding hydrogens is 647 g/mol. The molecule has 1 aliphatic heterocycles. The van der Waals surface area contributed by atoms with E-state index < -0.39 is 94.2 Å². The highest BCUT2D eigenvalue weighted by molar-refractivity contribution is 6.39. The third kappa shape index (κ3) is 5.91. The van der Waals surface area contributed by atoms with Gasteiger partial charge in [-0.05, 0) is 48.8 Å². The van der Waals surface area contributed by atoms with Crippen LogP contribution in [0.5, 0.6) is 0 Å². The molecule has 1 saturated heterocycles. The average Bonchev–Trinajstić information content (AvgIpc) is 3.06. The van der Waals surface area contributed by atoms with Crippen LogP contribution in [-0.4, -0.2) is 102 Å². The molecule has 0 amide bonds. The number of esters is 3. The van der Waals surface area contributed by atoms with Crippen LogP contribution in [-0.2, 0) is 38.1 Å². The van der Waals surface area contributed by atoms with Crippen molar-refractivity contribution < 1.29 is 53.5 Å². The number of rotatable bonds is 10. The predicted octanol–water partition coefficient (Wildman–Crippen LogP) is 1.57. The van der Waals surface area contributed by atoms with E-state index in [9.17, 15) is 34.6 Å². The second-order valence-corrected chi connectivity index (χ2v) is 15.4. The summed E-state index contributed by atoms with van der Waals surface area (Å²) in [5, 5.41) is 34.1. The third-order valence-corrected chi connectivity index (χ3v) is 12.4. The van der Waals surface area contributed by atoms with Crippen LogP contribution in [0.25, 0.3) is 0 Å². The first-order valence-corrected chi connectivity index (χ1v) is 17.2. The van der Waals surface area contributed by atoms with Crippen molar-refractivity contribution in [2.75, 3.05) is 19.6 Å². The zero-order chi connectivity index (χ0) is 37.0. The molecule has 4 aliphatic rings. The molecule has 6 N–H and O–H groups in total. The minimum atomic E-state index is -1.67. The van der Waals surface area contributed by atoms with Crippen molar-refractivity contribution in [3.8, 4) is 0 Å². The lowest BCUT2D eigenvalue weighted by atomic mass is 9.40. The van der Waals surface area contributed by atoms with Crippen LogP contribution >= 0.6 is 0 Å². The van der Waals surface area contributed by atoms with E-state index in [0.29, 0.717) is 17.7 Å². The maximum Gasteiger partial charge on any atom is 0.347 e. The minimum absolute atomic E-state index is 0.0663. The summed E-state index contributed by atoms with van der Waals surface area (Å²) in [5.41, 5.74) is 3.99. The van der Waals surface area contributed by atoms with Crippen LogP contribution in [0.2, 0.25) is 0 Å². The summed E-state index contributed by atoms with van der Waals surface area (Å²) in [4.78, 5) is 54.5. The van der Waals surface area contributed by atoms with Crippen molar-refractivity contribution >= 4 is 31.0 Å². The number of fused-ring (bicyclic) bond motifs is 5. The molecule has 3 fully saturated rings. The SMILES string of the molecule is CC(=O)O[C@H]1C(=O)[C@@]2(C)[C@H]([C@H](C)[C@]3(O)C[C@H](OC(=O)[C@H](OC(=O)CN)[C@@H]([B]CNO)c4ccccc4)C(C)=C1C3(C)C)[C@]1(C)CO[C@@H]1C[C@@H]2O. The van der Waals surface area contributed by atoms with Crippen LogP contribution in [0, 0.1) is 28.1 Å². The third-order valence-electron chi connectivity index (χ3n) is 12.4. The van der Waals surface area contributed by atoms with Crippen LogP contribution in [0.3, 0.4) is 0 Å². The summed E-state index contributed by atoms with van der Waals surface area (Å²) in [6.45, 7) is 11.8. The van der Waals surface area contributed by atoms with Gasteiger partial charge in [-0.15, -0.1) is 0 Å². The zero-order valence-electron chi connectivity index (χ0n) is 29.8. The molecule has 2 saturated carbocycles. The van der Waals surface area contributed by atoms with E-state index in [0.717, 1.165) is 0 Å². The Kier molecular flexibility index (Phi) is 10.5. The average molecular weight is 698 g/mol. The summed E-state index contributed by atoms with van der Waals surface area (Å²) in [6.07, 6.45) is -5.64. The number of hydrogen-bond donors (Lipinski definition) is 5. The fourth-order valence-electron chi connectivity index (χ4n) is 9.77. The molecule has 1 heterocycles. The van der Waals surface area contributed by atoms with Crippen molar-refractivity contribution in [2.24, 2.45) is 33.8 Å². The van der Waals surface area contributed by atoms with E-state index in [-0.39, 0.29) is 31.0 Å². The molecule has 273 valence electrons. The van der Waals surface area contributed by atoms with Gasteiger partial charge in [-0.2, -0.15) is 0 Å². The van der Waals surface area contributed by atoms with E-state index in [4.69, 9.17) is 24.7 Å². The summed E-state index contributed by atoms with van der Waals surface area (Å²) in [5.74, 6) is -5.20. The smallest absolute Gasteiger partial charge is 0.347 e. The molecule has 0 aromatic heterocycles. The van der Waals surface area contributed by atoms with Gasteiger partial charge in [0.25, 0.3) is 0 Å². The summed E-state index contributed by atoms with van der Waals surface area (Å²) in [6, 6.07) is 8.75. The van der Waals surface area contributed by atoms with Gasteiger partial charge in [0.05, 0.1) is 36.4 Å². The molecule has 0 spiro atoms. The highest BCUT2D eigenvalue weighted by atomic mass is 16.6. The highest BCUT2D eigenvalue weighted by Gasteiger charge is 2.73. The summed E-state index contributed by atoms with van der Waals surface area (Å²) >= 11 is 0. The topological polar surface area (TPSA) is 204 Å². The molecule has 13 nitrogen and oxygen atoms in total. The number of nitrogens with one attached hydrogen (secondary N) is 1. The minimum Gasteiger partial charge on any atom is -0.455 e. The lowest BCUT2D eigenvalue weighted by Crippen LogP contribution is -2.75. The zero-order valence-corrected chi connectivity index (χ0v) is 29.8. The standard InChI is InChI=1S/C36H50BN2O11/c1-18-22(49-32(44)29(50-25(42)15-38)27(37-17-39-46)21-11-9-8-10-12-21)14-36(45)19(2)30-34(6)16-47-24(34)13-23(41)35(30,7)31(43)28(48-20(3)40)26(18)33(36,4)5/h8-12,19,22-24,27-30,39,41,45-46H,13-17,38H2,1-7H3/t19-,22-,23-,24+,27-,28+,29+,30+,34+,35+,36+/m0/s1. The molecule has 1 radical (unpaired) electrons. The Balaban J connectivity index is 1.65. The largest absolute Gasteiger partial charge is 0.455 e. The molecule has 5 rings (SSSR count). The van der Waals surface area contributed by atoms with Crippen molar-refractivity contribution in [1.29, 1.82) is 0 Å². The number of hydrogen-bond acceptors (Lipinski definition) is 13. The molecular formula is C36H50BN2O11. The van der Waals surface area contributed by atoms with Crippen LogP contribution < -0.4 is 11.2 Å². The maximum atomic E-state index is 14.9. The Labute approximate surface area is 293 Å². The second kappa shape index (κ2) is 13.8. The van der Waals surface area contributed by atoms with Crippen LogP contribution in [0.1, 0.15) is 72.7 Å². The van der Waals surface area contributed by atoms with Gasteiger partial charge in [0.1, 0.15) is 13.4 Å². The molecule has 50 heavy (non-hydrogen) atoms. The number of benzene rings is 1. The number of hydroxylamine groups is 1. The Morgan fingerprint density at radius 2 is 1.80 bits per heavy atom. The van der Waals surface area contributed by atoms with Crippen molar-refractivity contribution in [3.63, 3.8) is 0 Å². The maximum absolute atomic E-state index is 14.9.